The highest BCUT2D eigenvalue weighted by atomic mass is 16.1. The number of nitrogens with one attached hydrogen (secondary N) is 1. The zero-order chi connectivity index (χ0) is 17.5. The highest BCUT2D eigenvalue weighted by molar-refractivity contribution is 6.08. The number of Topliss-reactive ketones (excluding diaryl/α,β-unsaturated/α-hetero) is 1. The van der Waals surface area contributed by atoms with Crippen LogP contribution in [-0.2, 0) is 16.1 Å². The smallest absolute Gasteiger partial charge is 0.243 e. The Bertz CT molecular complexity index is 731. The number of hydrogen-bond acceptors (Lipinski definition) is 2. The van der Waals surface area contributed by atoms with Gasteiger partial charge in [-0.25, -0.2) is 0 Å². The summed E-state index contributed by atoms with van der Waals surface area (Å²) >= 11 is 0. The first-order valence-electron chi connectivity index (χ1n) is 8.57. The van der Waals surface area contributed by atoms with Gasteiger partial charge in [0.2, 0.25) is 5.91 Å². The zero-order valence-corrected chi connectivity index (χ0v) is 14.7. The average molecular weight is 323 g/mol. The van der Waals surface area contributed by atoms with E-state index in [1.54, 1.807) is 0 Å². The van der Waals surface area contributed by atoms with Gasteiger partial charge in [-0.1, -0.05) is 51.6 Å². The molecule has 1 N–H and O–H groups in total. The highest BCUT2D eigenvalue weighted by Gasteiger charge is 2.63. The van der Waals surface area contributed by atoms with E-state index >= 15 is 0 Å². The maximum absolute atomic E-state index is 12.9. The van der Waals surface area contributed by atoms with Gasteiger partial charge in [0.05, 0.1) is 0 Å². The standard InChI is InChI=1S/C21H25NO2/c1-5-18(23)22-13-16-8-6-15(7-9-16)12-17-19(24)21(4)11-10-20(17,3)14(21)2/h5-9,12,14H,1,10-11,13H2,2-4H3,(H,22,23)/b17-12-. The predicted molar refractivity (Wildman–Crippen MR) is 96.1 cm³/mol. The minimum atomic E-state index is -0.185. The SMILES string of the molecule is C=CC(=O)NCc1ccc(/C=C2/C(=O)C3(C)CCC2(C)C3C)cc1. The maximum atomic E-state index is 12.9. The maximum Gasteiger partial charge on any atom is 0.243 e. The molecule has 0 radical (unpaired) electrons. The summed E-state index contributed by atoms with van der Waals surface area (Å²) in [6.07, 6.45) is 5.42. The first-order chi connectivity index (χ1) is 11.3. The summed E-state index contributed by atoms with van der Waals surface area (Å²) < 4.78 is 0. The Hall–Kier alpha value is -2.16. The van der Waals surface area contributed by atoms with Crippen LogP contribution in [0.2, 0.25) is 0 Å². The number of carbonyl (C=O) groups excluding carboxylic acids is 2. The largest absolute Gasteiger partial charge is 0.348 e. The van der Waals surface area contributed by atoms with Gasteiger partial charge in [0, 0.05) is 17.5 Å². The van der Waals surface area contributed by atoms with Crippen molar-refractivity contribution in [1.29, 1.82) is 0 Å². The monoisotopic (exact) mass is 323 g/mol. The van der Waals surface area contributed by atoms with E-state index in [0.29, 0.717) is 18.2 Å². The molecule has 1 amide bonds. The molecule has 3 rings (SSSR count). The fourth-order valence-corrected chi connectivity index (χ4v) is 4.29. The Morgan fingerprint density at radius 2 is 1.88 bits per heavy atom. The lowest BCUT2D eigenvalue weighted by Crippen LogP contribution is -2.25. The number of fused-ring (bicyclic) bond motifs is 2. The second-order valence-electron chi connectivity index (χ2n) is 7.61. The minimum absolute atomic E-state index is 0.00242. The molecule has 3 heteroatoms. The van der Waals surface area contributed by atoms with Gasteiger partial charge in [-0.2, -0.15) is 0 Å². The lowest BCUT2D eigenvalue weighted by atomic mass is 9.77. The third-order valence-corrected chi connectivity index (χ3v) is 6.40. The van der Waals surface area contributed by atoms with Gasteiger partial charge in [-0.05, 0) is 47.5 Å². The van der Waals surface area contributed by atoms with Crippen LogP contribution in [-0.4, -0.2) is 11.7 Å². The third-order valence-electron chi connectivity index (χ3n) is 6.40. The van der Waals surface area contributed by atoms with Crippen LogP contribution in [0.15, 0.2) is 42.5 Å². The summed E-state index contributed by atoms with van der Waals surface area (Å²) in [7, 11) is 0. The molecule has 2 aliphatic rings. The molecule has 1 aromatic rings. The molecular formula is C21H25NO2. The van der Waals surface area contributed by atoms with E-state index in [1.807, 2.05) is 24.3 Å². The van der Waals surface area contributed by atoms with Crippen molar-refractivity contribution in [2.45, 2.75) is 40.2 Å². The number of benzene rings is 1. The second-order valence-corrected chi connectivity index (χ2v) is 7.61. The molecule has 3 nitrogen and oxygen atoms in total. The Balaban J connectivity index is 1.81. The van der Waals surface area contributed by atoms with Crippen LogP contribution in [0.25, 0.3) is 6.08 Å². The number of carbonyl (C=O) groups is 2. The van der Waals surface area contributed by atoms with E-state index in [2.05, 4.69) is 38.7 Å². The van der Waals surface area contributed by atoms with Gasteiger partial charge in [-0.3, -0.25) is 9.59 Å². The molecule has 0 aromatic heterocycles. The highest BCUT2D eigenvalue weighted by Crippen LogP contribution is 2.65. The lowest BCUT2D eigenvalue weighted by molar-refractivity contribution is -0.123. The Morgan fingerprint density at radius 1 is 1.25 bits per heavy atom. The number of amides is 1. The molecule has 2 fully saturated rings. The van der Waals surface area contributed by atoms with Crippen LogP contribution in [0.5, 0.6) is 0 Å². The molecule has 3 unspecified atom stereocenters. The van der Waals surface area contributed by atoms with Gasteiger partial charge in [0.25, 0.3) is 0 Å². The van der Waals surface area contributed by atoms with Gasteiger partial charge in [0.15, 0.2) is 5.78 Å². The Morgan fingerprint density at radius 3 is 2.42 bits per heavy atom. The molecule has 0 spiro atoms. The van der Waals surface area contributed by atoms with Crippen LogP contribution in [0.4, 0.5) is 0 Å². The number of rotatable bonds is 4. The molecule has 1 aromatic carbocycles. The van der Waals surface area contributed by atoms with E-state index in [4.69, 9.17) is 0 Å². The van der Waals surface area contributed by atoms with Crippen molar-refractivity contribution >= 4 is 17.8 Å². The summed E-state index contributed by atoms with van der Waals surface area (Å²) in [5, 5.41) is 2.76. The van der Waals surface area contributed by atoms with E-state index in [-0.39, 0.29) is 16.7 Å². The molecule has 0 aliphatic heterocycles. The summed E-state index contributed by atoms with van der Waals surface area (Å²) in [5.74, 6) is 0.548. The van der Waals surface area contributed by atoms with E-state index < -0.39 is 0 Å². The first kappa shape index (κ1) is 16.7. The lowest BCUT2D eigenvalue weighted by Gasteiger charge is -2.26. The fourth-order valence-electron chi connectivity index (χ4n) is 4.29. The van der Waals surface area contributed by atoms with E-state index in [9.17, 15) is 9.59 Å². The number of hydrogen-bond donors (Lipinski definition) is 1. The quantitative estimate of drug-likeness (QED) is 0.854. The summed E-state index contributed by atoms with van der Waals surface area (Å²) in [6.45, 7) is 10.5. The molecule has 3 atom stereocenters. The van der Waals surface area contributed by atoms with Crippen molar-refractivity contribution in [2.75, 3.05) is 0 Å². The average Bonchev–Trinajstić information content (AvgIpc) is 2.90. The van der Waals surface area contributed by atoms with E-state index in [0.717, 1.165) is 29.5 Å². The summed E-state index contributed by atoms with van der Waals surface area (Å²) in [6, 6.07) is 8.00. The van der Waals surface area contributed by atoms with Gasteiger partial charge in [0.1, 0.15) is 0 Å². The fraction of sp³-hybridized carbons (Fsp3) is 0.429. The molecule has 0 saturated heterocycles. The minimum Gasteiger partial charge on any atom is -0.348 e. The molecule has 126 valence electrons. The van der Waals surface area contributed by atoms with Gasteiger partial charge in [-0.15, -0.1) is 0 Å². The van der Waals surface area contributed by atoms with Crippen LogP contribution >= 0.6 is 0 Å². The van der Waals surface area contributed by atoms with Crippen LogP contribution in [0.1, 0.15) is 44.7 Å². The van der Waals surface area contributed by atoms with Crippen molar-refractivity contribution in [2.24, 2.45) is 16.7 Å². The first-order valence-corrected chi connectivity index (χ1v) is 8.57. The molecule has 2 bridgehead atoms. The Kier molecular flexibility index (Phi) is 3.98. The van der Waals surface area contributed by atoms with Crippen LogP contribution < -0.4 is 5.32 Å². The topological polar surface area (TPSA) is 46.2 Å². The van der Waals surface area contributed by atoms with Crippen LogP contribution in [0, 0.1) is 16.7 Å². The van der Waals surface area contributed by atoms with Crippen molar-refractivity contribution < 1.29 is 9.59 Å². The van der Waals surface area contributed by atoms with Gasteiger partial charge < -0.3 is 5.32 Å². The number of ketones is 1. The van der Waals surface area contributed by atoms with Crippen molar-refractivity contribution in [3.8, 4) is 0 Å². The summed E-state index contributed by atoms with van der Waals surface area (Å²) in [5.41, 5.74) is 2.87. The van der Waals surface area contributed by atoms with Gasteiger partial charge >= 0.3 is 0 Å². The molecule has 2 aliphatic carbocycles. The summed E-state index contributed by atoms with van der Waals surface area (Å²) in [4.78, 5) is 24.1. The molecule has 2 saturated carbocycles. The van der Waals surface area contributed by atoms with Crippen LogP contribution in [0.3, 0.4) is 0 Å². The molecule has 0 heterocycles. The van der Waals surface area contributed by atoms with Crippen molar-refractivity contribution in [3.05, 3.63) is 53.6 Å². The normalized spacial score (nSPS) is 33.0. The predicted octanol–water partition coefficient (Wildman–Crippen LogP) is 3.90. The van der Waals surface area contributed by atoms with E-state index in [1.165, 1.54) is 6.08 Å². The van der Waals surface area contributed by atoms with Crippen molar-refractivity contribution in [1.82, 2.24) is 5.32 Å². The molecular weight excluding hydrogens is 298 g/mol. The Labute approximate surface area is 143 Å². The zero-order valence-electron chi connectivity index (χ0n) is 14.7. The van der Waals surface area contributed by atoms with Crippen molar-refractivity contribution in [3.63, 3.8) is 0 Å². The molecule has 24 heavy (non-hydrogen) atoms. The number of allylic oxidation sites excluding steroid dienone is 1. The second kappa shape index (κ2) is 5.73. The third kappa shape index (κ3) is 2.43.